The summed E-state index contributed by atoms with van der Waals surface area (Å²) in [7, 11) is 1.94. The van der Waals surface area contributed by atoms with Crippen molar-refractivity contribution in [2.24, 2.45) is 7.05 Å². The number of rotatable bonds is 4. The second-order valence-corrected chi connectivity index (χ2v) is 5.28. The molecule has 0 radical (unpaired) electrons. The van der Waals surface area contributed by atoms with E-state index in [1.165, 1.54) is 5.56 Å². The molecule has 16 heavy (non-hydrogen) atoms. The molecule has 86 valence electrons. The van der Waals surface area contributed by atoms with E-state index in [2.05, 4.69) is 17.3 Å². The minimum atomic E-state index is 0.801. The van der Waals surface area contributed by atoms with Crippen LogP contribution in [-0.2, 0) is 13.6 Å². The molecule has 2 rings (SSSR count). The van der Waals surface area contributed by atoms with Gasteiger partial charge in [-0.3, -0.25) is 4.68 Å². The highest BCUT2D eigenvalue weighted by Gasteiger charge is 2.11. The van der Waals surface area contributed by atoms with E-state index in [0.29, 0.717) is 0 Å². The third-order valence-corrected chi connectivity index (χ3v) is 3.51. The van der Waals surface area contributed by atoms with Gasteiger partial charge in [0.05, 0.1) is 9.21 Å². The molecule has 0 aliphatic rings. The number of halogens is 1. The van der Waals surface area contributed by atoms with Gasteiger partial charge in [0.25, 0.3) is 0 Å². The molecule has 0 bridgehead atoms. The highest BCUT2D eigenvalue weighted by atomic mass is 35.5. The van der Waals surface area contributed by atoms with Crippen molar-refractivity contribution in [2.45, 2.75) is 13.5 Å². The van der Waals surface area contributed by atoms with Gasteiger partial charge >= 0.3 is 0 Å². The maximum atomic E-state index is 5.94. The van der Waals surface area contributed by atoms with Crippen LogP contribution in [-0.4, -0.2) is 16.3 Å². The van der Waals surface area contributed by atoms with E-state index < -0.39 is 0 Å². The van der Waals surface area contributed by atoms with Gasteiger partial charge in [0.2, 0.25) is 0 Å². The highest BCUT2D eigenvalue weighted by Crippen LogP contribution is 2.31. The van der Waals surface area contributed by atoms with Gasteiger partial charge in [0.15, 0.2) is 0 Å². The lowest BCUT2D eigenvalue weighted by molar-refractivity contribution is 0.724. The Kier molecular flexibility index (Phi) is 3.63. The molecule has 5 heteroatoms. The Balaban J connectivity index is 2.32. The predicted molar refractivity (Wildman–Crippen MR) is 68.9 cm³/mol. The first-order valence-corrected chi connectivity index (χ1v) is 6.39. The fourth-order valence-corrected chi connectivity index (χ4v) is 2.64. The second-order valence-electron chi connectivity index (χ2n) is 3.56. The summed E-state index contributed by atoms with van der Waals surface area (Å²) in [5, 5.41) is 7.79. The summed E-state index contributed by atoms with van der Waals surface area (Å²) in [5.41, 5.74) is 2.24. The third kappa shape index (κ3) is 2.45. The number of nitrogens with zero attached hydrogens (tertiary/aromatic N) is 2. The minimum absolute atomic E-state index is 0.801. The molecule has 0 saturated carbocycles. The maximum absolute atomic E-state index is 5.94. The van der Waals surface area contributed by atoms with Crippen LogP contribution in [0.4, 0.5) is 0 Å². The number of hydrogen-bond acceptors (Lipinski definition) is 3. The lowest BCUT2D eigenvalue weighted by Gasteiger charge is -2.00. The Morgan fingerprint density at radius 1 is 1.50 bits per heavy atom. The molecule has 0 aliphatic heterocycles. The first-order chi connectivity index (χ1) is 7.70. The van der Waals surface area contributed by atoms with Crippen molar-refractivity contribution in [1.29, 1.82) is 0 Å². The standard InChI is InChI=1S/C11H14ClN3S/c1-3-13-6-8-7-15(2)14-11(8)9-4-5-10(12)16-9/h4-5,7,13H,3,6H2,1-2H3. The van der Waals surface area contributed by atoms with Crippen LogP contribution in [0.3, 0.4) is 0 Å². The lowest BCUT2D eigenvalue weighted by atomic mass is 10.2. The minimum Gasteiger partial charge on any atom is -0.313 e. The van der Waals surface area contributed by atoms with E-state index >= 15 is 0 Å². The molecule has 0 fully saturated rings. The molecule has 2 heterocycles. The van der Waals surface area contributed by atoms with Gasteiger partial charge in [-0.2, -0.15) is 5.10 Å². The van der Waals surface area contributed by atoms with Gasteiger partial charge < -0.3 is 5.32 Å². The highest BCUT2D eigenvalue weighted by molar-refractivity contribution is 7.19. The fourth-order valence-electron chi connectivity index (χ4n) is 1.58. The monoisotopic (exact) mass is 255 g/mol. The molecule has 0 unspecified atom stereocenters. The zero-order valence-corrected chi connectivity index (χ0v) is 10.9. The van der Waals surface area contributed by atoms with Gasteiger partial charge in [0.1, 0.15) is 5.69 Å². The van der Waals surface area contributed by atoms with E-state index in [9.17, 15) is 0 Å². The molecular weight excluding hydrogens is 242 g/mol. The van der Waals surface area contributed by atoms with Crippen molar-refractivity contribution in [3.8, 4) is 10.6 Å². The van der Waals surface area contributed by atoms with Crippen LogP contribution in [0.1, 0.15) is 12.5 Å². The van der Waals surface area contributed by atoms with Crippen LogP contribution in [0.2, 0.25) is 4.34 Å². The Hall–Kier alpha value is -0.840. The molecular formula is C11H14ClN3S. The van der Waals surface area contributed by atoms with Gasteiger partial charge in [0, 0.05) is 25.4 Å². The zero-order valence-electron chi connectivity index (χ0n) is 9.33. The van der Waals surface area contributed by atoms with E-state index in [-0.39, 0.29) is 0 Å². The number of aromatic nitrogens is 2. The summed E-state index contributed by atoms with van der Waals surface area (Å²) < 4.78 is 2.64. The molecule has 0 saturated heterocycles. The van der Waals surface area contributed by atoms with E-state index in [1.54, 1.807) is 11.3 Å². The lowest BCUT2D eigenvalue weighted by Crippen LogP contribution is -2.11. The quantitative estimate of drug-likeness (QED) is 0.911. The van der Waals surface area contributed by atoms with Gasteiger partial charge in [-0.15, -0.1) is 11.3 Å². The molecule has 2 aromatic heterocycles. The first kappa shape index (κ1) is 11.6. The number of nitrogens with one attached hydrogen (secondary N) is 1. The fraction of sp³-hybridized carbons (Fsp3) is 0.364. The van der Waals surface area contributed by atoms with Crippen molar-refractivity contribution in [1.82, 2.24) is 15.1 Å². The summed E-state index contributed by atoms with van der Waals surface area (Å²) in [5.74, 6) is 0. The molecule has 1 N–H and O–H groups in total. The Bertz CT molecular complexity index is 475. The third-order valence-electron chi connectivity index (χ3n) is 2.28. The average molecular weight is 256 g/mol. The summed E-state index contributed by atoms with van der Waals surface area (Å²) in [4.78, 5) is 1.12. The molecule has 0 atom stereocenters. The van der Waals surface area contributed by atoms with Crippen LogP contribution < -0.4 is 5.32 Å². The maximum Gasteiger partial charge on any atom is 0.107 e. The summed E-state index contributed by atoms with van der Waals surface area (Å²) in [6.07, 6.45) is 2.05. The van der Waals surface area contributed by atoms with Crippen LogP contribution in [0.25, 0.3) is 10.6 Å². The Morgan fingerprint density at radius 3 is 2.94 bits per heavy atom. The number of hydrogen-bond donors (Lipinski definition) is 1. The van der Waals surface area contributed by atoms with Crippen molar-refractivity contribution < 1.29 is 0 Å². The van der Waals surface area contributed by atoms with Crippen LogP contribution in [0, 0.1) is 0 Å². The van der Waals surface area contributed by atoms with Crippen molar-refractivity contribution in [3.05, 3.63) is 28.2 Å². The van der Waals surface area contributed by atoms with Crippen LogP contribution >= 0.6 is 22.9 Å². The first-order valence-electron chi connectivity index (χ1n) is 5.19. The van der Waals surface area contributed by atoms with Crippen LogP contribution in [0.5, 0.6) is 0 Å². The van der Waals surface area contributed by atoms with Crippen molar-refractivity contribution >= 4 is 22.9 Å². The molecule has 0 aromatic carbocycles. The SMILES string of the molecule is CCNCc1cn(C)nc1-c1ccc(Cl)s1. The second kappa shape index (κ2) is 4.99. The normalized spacial score (nSPS) is 10.9. The Labute approximate surface area is 104 Å². The number of thiophene rings is 1. The van der Waals surface area contributed by atoms with Crippen molar-refractivity contribution in [2.75, 3.05) is 6.54 Å². The number of aryl methyl sites for hydroxylation is 1. The molecule has 3 nitrogen and oxygen atoms in total. The summed E-state index contributed by atoms with van der Waals surface area (Å²) >= 11 is 7.51. The molecule has 0 aliphatic carbocycles. The predicted octanol–water partition coefficient (Wildman–Crippen LogP) is 2.91. The largest absolute Gasteiger partial charge is 0.313 e. The topological polar surface area (TPSA) is 29.9 Å². The van der Waals surface area contributed by atoms with Crippen LogP contribution in [0.15, 0.2) is 18.3 Å². The zero-order chi connectivity index (χ0) is 11.5. The molecule has 0 spiro atoms. The smallest absolute Gasteiger partial charge is 0.107 e. The van der Waals surface area contributed by atoms with Crippen molar-refractivity contribution in [3.63, 3.8) is 0 Å². The van der Waals surface area contributed by atoms with E-state index in [0.717, 1.165) is 28.0 Å². The average Bonchev–Trinajstić information content (AvgIpc) is 2.81. The van der Waals surface area contributed by atoms with Gasteiger partial charge in [-0.05, 0) is 18.7 Å². The molecule has 2 aromatic rings. The summed E-state index contributed by atoms with van der Waals surface area (Å²) in [6, 6.07) is 3.93. The van der Waals surface area contributed by atoms with Gasteiger partial charge in [-0.25, -0.2) is 0 Å². The van der Waals surface area contributed by atoms with Gasteiger partial charge in [-0.1, -0.05) is 18.5 Å². The summed E-state index contributed by atoms with van der Waals surface area (Å²) in [6.45, 7) is 3.90. The molecule has 0 amide bonds. The Morgan fingerprint density at radius 2 is 2.31 bits per heavy atom. The van der Waals surface area contributed by atoms with E-state index in [4.69, 9.17) is 11.6 Å². The van der Waals surface area contributed by atoms with E-state index in [1.807, 2.05) is 30.1 Å².